The third-order valence-electron chi connectivity index (χ3n) is 8.82. The van der Waals surface area contributed by atoms with Gasteiger partial charge in [0.1, 0.15) is 11.6 Å². The largest absolute Gasteiger partial charge is 0.359 e. The Hall–Kier alpha value is -2.23. The number of fused-ring (bicyclic) bond motifs is 1. The Balaban J connectivity index is 1.37. The fourth-order valence-electron chi connectivity index (χ4n) is 6.84. The van der Waals surface area contributed by atoms with E-state index < -0.39 is 29.6 Å². The molecular weight excluding hydrogens is 560 g/mol. The van der Waals surface area contributed by atoms with Gasteiger partial charge in [0.15, 0.2) is 0 Å². The topological polar surface area (TPSA) is 91.0 Å². The van der Waals surface area contributed by atoms with Crippen LogP contribution < -0.4 is 10.6 Å². The summed E-state index contributed by atoms with van der Waals surface area (Å²) in [6.45, 7) is 4.48. The van der Waals surface area contributed by atoms with Crippen molar-refractivity contribution in [3.8, 4) is 0 Å². The molecule has 5 atom stereocenters. The highest BCUT2D eigenvalue weighted by Crippen LogP contribution is 2.55. The van der Waals surface area contributed by atoms with Crippen LogP contribution in [0.4, 0.5) is 5.69 Å². The molecule has 1 saturated carbocycles. The van der Waals surface area contributed by atoms with Gasteiger partial charge in [-0.3, -0.25) is 14.4 Å². The molecule has 8 nitrogen and oxygen atoms in total. The van der Waals surface area contributed by atoms with Gasteiger partial charge in [-0.15, -0.1) is 0 Å². The van der Waals surface area contributed by atoms with Crippen LogP contribution in [-0.4, -0.2) is 78.0 Å². The predicted molar refractivity (Wildman–Crippen MR) is 154 cm³/mol. The average molecular weight is 602 g/mol. The zero-order valence-corrected chi connectivity index (χ0v) is 24.6. The zero-order valence-electron chi connectivity index (χ0n) is 23.0. The van der Waals surface area contributed by atoms with Crippen LogP contribution in [0, 0.1) is 11.8 Å². The molecule has 1 aliphatic carbocycles. The van der Waals surface area contributed by atoms with Gasteiger partial charge in [0.2, 0.25) is 17.7 Å². The van der Waals surface area contributed by atoms with Crippen molar-refractivity contribution >= 4 is 39.3 Å². The van der Waals surface area contributed by atoms with E-state index in [2.05, 4.69) is 45.4 Å². The lowest BCUT2D eigenvalue weighted by Crippen LogP contribution is -2.56. The Kier molecular flexibility index (Phi) is 8.79. The maximum Gasteiger partial charge on any atom is 0.246 e. The molecule has 2 saturated heterocycles. The molecule has 3 fully saturated rings. The molecule has 212 valence electrons. The number of nitrogens with zero attached hydrogens (tertiary/aromatic N) is 2. The fourth-order valence-corrected chi connectivity index (χ4v) is 7.11. The first-order chi connectivity index (χ1) is 18.8. The number of hydrogen-bond acceptors (Lipinski definition) is 5. The van der Waals surface area contributed by atoms with E-state index in [4.69, 9.17) is 4.74 Å². The normalized spacial score (nSPS) is 29.7. The Morgan fingerprint density at radius 1 is 1.10 bits per heavy atom. The minimum Gasteiger partial charge on any atom is -0.359 e. The first-order valence-corrected chi connectivity index (χ1v) is 15.4. The van der Waals surface area contributed by atoms with E-state index in [0.717, 1.165) is 62.5 Å². The minimum atomic E-state index is -1.11. The lowest BCUT2D eigenvalue weighted by Gasteiger charge is -2.34. The van der Waals surface area contributed by atoms with E-state index in [1.165, 1.54) is 6.42 Å². The van der Waals surface area contributed by atoms with Crippen LogP contribution in [0.3, 0.4) is 0 Å². The second-order valence-corrected chi connectivity index (χ2v) is 12.5. The third kappa shape index (κ3) is 5.68. The van der Waals surface area contributed by atoms with Crippen LogP contribution in [0.15, 0.2) is 40.9 Å². The van der Waals surface area contributed by atoms with Crippen molar-refractivity contribution in [2.45, 2.75) is 82.1 Å². The Morgan fingerprint density at radius 2 is 1.82 bits per heavy atom. The summed E-state index contributed by atoms with van der Waals surface area (Å²) in [6, 6.07) is 6.71. The quantitative estimate of drug-likeness (QED) is 0.373. The molecule has 0 unspecified atom stereocenters. The van der Waals surface area contributed by atoms with Crippen molar-refractivity contribution in [2.75, 3.05) is 32.0 Å². The van der Waals surface area contributed by atoms with Crippen LogP contribution in [0.1, 0.15) is 58.3 Å². The number of nitrogens with one attached hydrogen (secondary N) is 2. The third-order valence-corrected chi connectivity index (χ3v) is 9.35. The number of anilines is 1. The van der Waals surface area contributed by atoms with E-state index in [9.17, 15) is 14.4 Å². The van der Waals surface area contributed by atoms with Crippen molar-refractivity contribution < 1.29 is 19.1 Å². The number of amides is 3. The van der Waals surface area contributed by atoms with Crippen molar-refractivity contribution in [2.24, 2.45) is 11.8 Å². The minimum absolute atomic E-state index is 0.123. The number of rotatable bonds is 11. The summed E-state index contributed by atoms with van der Waals surface area (Å²) in [5.74, 6) is -1.97. The van der Waals surface area contributed by atoms with Gasteiger partial charge in [0, 0.05) is 22.7 Å². The van der Waals surface area contributed by atoms with Gasteiger partial charge in [-0.25, -0.2) is 0 Å². The van der Waals surface area contributed by atoms with Gasteiger partial charge in [-0.2, -0.15) is 0 Å². The molecule has 0 radical (unpaired) electrons. The van der Waals surface area contributed by atoms with Gasteiger partial charge >= 0.3 is 0 Å². The zero-order chi connectivity index (χ0) is 27.6. The van der Waals surface area contributed by atoms with Crippen LogP contribution in [0.2, 0.25) is 0 Å². The van der Waals surface area contributed by atoms with Crippen LogP contribution in [0.5, 0.6) is 0 Å². The number of benzene rings is 1. The van der Waals surface area contributed by atoms with Gasteiger partial charge in [-0.1, -0.05) is 60.7 Å². The standard InChI is InChI=1S/C30H41BrN4O4/c1-3-4-17-34(2)18-8-19-35-26(28(37)33-21-9-6-5-7-10-21)30-16-15-23(39-30)24(25(30)29(35)38)27(36)32-22-13-11-20(31)12-14-22/h11-16,21,23-26H,3-10,17-19H2,1-2H3,(H,32,36)(H,33,37)/t23-,24+,25-,26+,30+/m1/s1. The highest BCUT2D eigenvalue weighted by Gasteiger charge is 2.72. The molecule has 9 heteroatoms. The molecule has 5 rings (SSSR count). The van der Waals surface area contributed by atoms with Gasteiger partial charge in [0.05, 0.1) is 17.9 Å². The van der Waals surface area contributed by atoms with E-state index in [1.54, 1.807) is 4.90 Å². The first-order valence-electron chi connectivity index (χ1n) is 14.6. The summed E-state index contributed by atoms with van der Waals surface area (Å²) >= 11 is 3.42. The van der Waals surface area contributed by atoms with Gasteiger partial charge in [0.25, 0.3) is 0 Å². The molecule has 2 N–H and O–H groups in total. The molecule has 2 bridgehead atoms. The predicted octanol–water partition coefficient (Wildman–Crippen LogP) is 4.11. The summed E-state index contributed by atoms with van der Waals surface area (Å²) in [4.78, 5) is 45.5. The Morgan fingerprint density at radius 3 is 2.54 bits per heavy atom. The summed E-state index contributed by atoms with van der Waals surface area (Å²) < 4.78 is 7.38. The van der Waals surface area contributed by atoms with Crippen molar-refractivity contribution in [1.29, 1.82) is 0 Å². The summed E-state index contributed by atoms with van der Waals surface area (Å²) in [6.07, 6.45) is 11.6. The number of halogens is 1. The van der Waals surface area contributed by atoms with E-state index in [0.29, 0.717) is 12.2 Å². The van der Waals surface area contributed by atoms with E-state index >= 15 is 0 Å². The second kappa shape index (κ2) is 12.1. The smallest absolute Gasteiger partial charge is 0.246 e. The SMILES string of the molecule is CCCCN(C)CCCN1C(=O)[C@H]2[C@@H](C(=O)Nc3ccc(Br)cc3)[C@H]3C=C[C@@]2(O3)[C@@H]1C(=O)NC1CCCCC1. The monoisotopic (exact) mass is 600 g/mol. The van der Waals surface area contributed by atoms with Crippen LogP contribution in [0.25, 0.3) is 0 Å². The molecule has 1 aromatic rings. The summed E-state index contributed by atoms with van der Waals surface area (Å²) in [5, 5.41) is 6.23. The highest BCUT2D eigenvalue weighted by molar-refractivity contribution is 9.10. The molecule has 3 aliphatic heterocycles. The highest BCUT2D eigenvalue weighted by atomic mass is 79.9. The Bertz CT molecular complexity index is 1090. The number of hydrogen-bond donors (Lipinski definition) is 2. The average Bonchev–Trinajstić information content (AvgIpc) is 3.57. The van der Waals surface area contributed by atoms with E-state index in [1.807, 2.05) is 36.4 Å². The van der Waals surface area contributed by atoms with Crippen molar-refractivity contribution in [3.05, 3.63) is 40.9 Å². The molecule has 3 amide bonds. The van der Waals surface area contributed by atoms with Crippen LogP contribution >= 0.6 is 15.9 Å². The number of unbranched alkanes of at least 4 members (excludes halogenated alkanes) is 1. The maximum atomic E-state index is 14.1. The second-order valence-electron chi connectivity index (χ2n) is 11.6. The molecule has 1 aromatic carbocycles. The molecule has 3 heterocycles. The van der Waals surface area contributed by atoms with Crippen molar-refractivity contribution in [1.82, 2.24) is 15.1 Å². The molecule has 1 spiro atoms. The van der Waals surface area contributed by atoms with Gasteiger partial charge in [-0.05, 0) is 70.1 Å². The van der Waals surface area contributed by atoms with Crippen LogP contribution in [-0.2, 0) is 19.1 Å². The number of ether oxygens (including phenoxy) is 1. The number of carbonyl (C=O) groups is 3. The summed E-state index contributed by atoms with van der Waals surface area (Å²) in [7, 11) is 2.10. The lowest BCUT2D eigenvalue weighted by atomic mass is 9.74. The molecule has 39 heavy (non-hydrogen) atoms. The molecule has 0 aromatic heterocycles. The molecular formula is C30H41BrN4O4. The number of carbonyl (C=O) groups excluding carboxylic acids is 3. The Labute approximate surface area is 240 Å². The maximum absolute atomic E-state index is 14.1. The fraction of sp³-hybridized carbons (Fsp3) is 0.633. The van der Waals surface area contributed by atoms with Crippen molar-refractivity contribution in [3.63, 3.8) is 0 Å². The first kappa shape index (κ1) is 28.3. The summed E-state index contributed by atoms with van der Waals surface area (Å²) in [5.41, 5.74) is -0.455. The lowest BCUT2D eigenvalue weighted by molar-refractivity contribution is -0.141. The van der Waals surface area contributed by atoms with Gasteiger partial charge < -0.3 is 25.2 Å². The molecule has 4 aliphatic rings. The number of likely N-dealkylation sites (tertiary alicyclic amines) is 1. The van der Waals surface area contributed by atoms with E-state index in [-0.39, 0.29) is 23.8 Å².